The predicted octanol–water partition coefficient (Wildman–Crippen LogP) is 5.20. The number of rotatable bonds is 2. The number of aromatic nitrogens is 1. The first kappa shape index (κ1) is 20.7. The largest absolute Gasteiger partial charge is 0.369 e. The number of Topliss-reactive ketones (excluding diaryl/α,β-unsaturated/α-hetero) is 2. The van der Waals surface area contributed by atoms with Crippen molar-refractivity contribution in [3.8, 4) is 0 Å². The van der Waals surface area contributed by atoms with Gasteiger partial charge in [-0.1, -0.05) is 60.7 Å². The SMILES string of the molecule is O=C1c2cc3ccccc3cc2C(=O)C1c1ccc2cccc(N3C(=O)c4ccccc4C3O)c2n1. The van der Waals surface area contributed by atoms with Crippen molar-refractivity contribution in [3.63, 3.8) is 0 Å². The first-order valence-corrected chi connectivity index (χ1v) is 11.6. The molecule has 1 atom stereocenters. The van der Waals surface area contributed by atoms with Gasteiger partial charge in [0.05, 0.1) is 16.9 Å². The van der Waals surface area contributed by atoms with Gasteiger partial charge in [-0.3, -0.25) is 19.3 Å². The van der Waals surface area contributed by atoms with Gasteiger partial charge in [0.2, 0.25) is 0 Å². The van der Waals surface area contributed by atoms with Crippen molar-refractivity contribution in [1.29, 1.82) is 0 Å². The lowest BCUT2D eigenvalue weighted by molar-refractivity contribution is 0.0884. The fourth-order valence-corrected chi connectivity index (χ4v) is 5.39. The fraction of sp³-hybridized carbons (Fsp3) is 0.0667. The molecule has 1 unspecified atom stereocenters. The fourth-order valence-electron chi connectivity index (χ4n) is 5.39. The molecule has 0 fully saturated rings. The molecule has 0 radical (unpaired) electrons. The highest BCUT2D eigenvalue weighted by atomic mass is 16.3. The number of amides is 1. The van der Waals surface area contributed by atoms with E-state index in [4.69, 9.17) is 4.98 Å². The van der Waals surface area contributed by atoms with E-state index < -0.39 is 12.1 Å². The number of para-hydroxylation sites is 1. The molecule has 4 aromatic carbocycles. The van der Waals surface area contributed by atoms with Gasteiger partial charge >= 0.3 is 0 Å². The van der Waals surface area contributed by atoms with E-state index in [9.17, 15) is 19.5 Å². The maximum Gasteiger partial charge on any atom is 0.261 e. The summed E-state index contributed by atoms with van der Waals surface area (Å²) in [4.78, 5) is 46.1. The summed E-state index contributed by atoms with van der Waals surface area (Å²) in [5.74, 6) is -1.94. The minimum atomic E-state index is -1.16. The smallest absolute Gasteiger partial charge is 0.261 e. The van der Waals surface area contributed by atoms with Crippen LogP contribution in [0.3, 0.4) is 0 Å². The van der Waals surface area contributed by atoms with Gasteiger partial charge in [0.1, 0.15) is 5.92 Å². The topological polar surface area (TPSA) is 87.6 Å². The second kappa shape index (κ2) is 7.41. The number of aliphatic hydroxyl groups is 1. The second-order valence-electron chi connectivity index (χ2n) is 9.13. The maximum atomic E-state index is 13.4. The lowest BCUT2D eigenvalue weighted by atomic mass is 9.98. The Bertz CT molecular complexity index is 1740. The minimum absolute atomic E-state index is 0.283. The number of nitrogens with zero attached hydrogens (tertiary/aromatic N) is 2. The van der Waals surface area contributed by atoms with Crippen molar-refractivity contribution in [1.82, 2.24) is 4.98 Å². The Morgan fingerprint density at radius 3 is 2.00 bits per heavy atom. The van der Waals surface area contributed by atoms with E-state index in [2.05, 4.69) is 0 Å². The molecule has 1 aliphatic heterocycles. The molecule has 5 aromatic rings. The van der Waals surface area contributed by atoms with E-state index in [1.807, 2.05) is 30.3 Å². The molecule has 2 aliphatic rings. The molecule has 2 heterocycles. The van der Waals surface area contributed by atoms with Crippen LogP contribution < -0.4 is 4.90 Å². The molecular weight excluding hydrogens is 452 g/mol. The quantitative estimate of drug-likeness (QED) is 0.358. The van der Waals surface area contributed by atoms with E-state index in [1.165, 1.54) is 4.90 Å². The van der Waals surface area contributed by atoms with Crippen LogP contribution in [-0.4, -0.2) is 27.6 Å². The molecule has 6 heteroatoms. The first-order chi connectivity index (χ1) is 17.5. The number of hydrogen-bond donors (Lipinski definition) is 1. The molecule has 172 valence electrons. The van der Waals surface area contributed by atoms with Gasteiger partial charge in [-0.2, -0.15) is 0 Å². The van der Waals surface area contributed by atoms with Crippen molar-refractivity contribution in [2.24, 2.45) is 0 Å². The number of ketones is 2. The summed E-state index contributed by atoms with van der Waals surface area (Å²) in [5.41, 5.74) is 2.95. The van der Waals surface area contributed by atoms with Crippen LogP contribution in [-0.2, 0) is 0 Å². The predicted molar refractivity (Wildman–Crippen MR) is 135 cm³/mol. The molecule has 0 bridgehead atoms. The van der Waals surface area contributed by atoms with Crippen LogP contribution in [0.25, 0.3) is 21.7 Å². The Hall–Kier alpha value is -4.68. The van der Waals surface area contributed by atoms with Gasteiger partial charge in [0.15, 0.2) is 17.8 Å². The molecule has 1 aliphatic carbocycles. The number of carbonyl (C=O) groups is 3. The Morgan fingerprint density at radius 2 is 1.31 bits per heavy atom. The Balaban J connectivity index is 1.35. The van der Waals surface area contributed by atoms with E-state index in [-0.39, 0.29) is 17.5 Å². The Kier molecular flexibility index (Phi) is 4.25. The number of pyridine rings is 1. The van der Waals surface area contributed by atoms with Gasteiger partial charge in [-0.15, -0.1) is 0 Å². The second-order valence-corrected chi connectivity index (χ2v) is 9.13. The summed E-state index contributed by atoms with van der Waals surface area (Å²) >= 11 is 0. The third kappa shape index (κ3) is 2.76. The van der Waals surface area contributed by atoms with Crippen molar-refractivity contribution in [3.05, 3.63) is 119 Å². The van der Waals surface area contributed by atoms with Gasteiger partial charge in [-0.05, 0) is 41.1 Å². The highest BCUT2D eigenvalue weighted by Crippen LogP contribution is 2.40. The highest BCUT2D eigenvalue weighted by molar-refractivity contribution is 6.30. The molecule has 6 nitrogen and oxygen atoms in total. The lowest BCUT2D eigenvalue weighted by Crippen LogP contribution is -2.28. The molecule has 1 aromatic heterocycles. The van der Waals surface area contributed by atoms with Gasteiger partial charge in [0.25, 0.3) is 5.91 Å². The number of benzene rings is 4. The standard InChI is InChI=1S/C30H18N2O4/c33-27-21-14-17-6-1-2-7-18(17)15-22(21)28(34)25(27)23-13-12-16-8-5-11-24(26(16)31-23)32-29(35)19-9-3-4-10-20(19)30(32)36/h1-15,25,29,35H. The van der Waals surface area contributed by atoms with Crippen LogP contribution in [0.5, 0.6) is 0 Å². The molecule has 0 saturated heterocycles. The maximum absolute atomic E-state index is 13.4. The number of carbonyl (C=O) groups excluding carboxylic acids is 3. The Labute approximate surface area is 205 Å². The van der Waals surface area contributed by atoms with E-state index in [0.717, 1.165) is 16.2 Å². The summed E-state index contributed by atoms with van der Waals surface area (Å²) in [6, 6.07) is 26.9. The summed E-state index contributed by atoms with van der Waals surface area (Å²) in [5, 5.41) is 13.5. The lowest BCUT2D eigenvalue weighted by Gasteiger charge is -2.22. The van der Waals surface area contributed by atoms with Crippen molar-refractivity contribution in [2.45, 2.75) is 12.1 Å². The van der Waals surface area contributed by atoms with Gasteiger partial charge in [0, 0.05) is 27.6 Å². The normalized spacial score (nSPS) is 17.3. The number of fused-ring (bicyclic) bond motifs is 4. The average molecular weight is 470 g/mol. The van der Waals surface area contributed by atoms with Crippen LogP contribution in [0, 0.1) is 0 Å². The number of hydrogen-bond acceptors (Lipinski definition) is 5. The minimum Gasteiger partial charge on any atom is -0.369 e. The van der Waals surface area contributed by atoms with E-state index in [1.54, 1.807) is 60.7 Å². The van der Waals surface area contributed by atoms with Crippen molar-refractivity contribution in [2.75, 3.05) is 4.90 Å². The molecule has 36 heavy (non-hydrogen) atoms. The molecule has 0 spiro atoms. The highest BCUT2D eigenvalue weighted by Gasteiger charge is 2.41. The zero-order valence-corrected chi connectivity index (χ0v) is 18.9. The molecule has 7 rings (SSSR count). The summed E-state index contributed by atoms with van der Waals surface area (Å²) in [6.07, 6.45) is -1.16. The third-order valence-electron chi connectivity index (χ3n) is 7.15. The van der Waals surface area contributed by atoms with Gasteiger partial charge < -0.3 is 5.11 Å². The number of anilines is 1. The molecule has 0 saturated carbocycles. The van der Waals surface area contributed by atoms with Crippen LogP contribution in [0.2, 0.25) is 0 Å². The van der Waals surface area contributed by atoms with Crippen LogP contribution in [0.1, 0.15) is 54.5 Å². The van der Waals surface area contributed by atoms with Crippen molar-refractivity contribution >= 4 is 44.8 Å². The summed E-state index contributed by atoms with van der Waals surface area (Å²) < 4.78 is 0. The summed E-state index contributed by atoms with van der Waals surface area (Å²) in [6.45, 7) is 0. The molecule has 1 N–H and O–H groups in total. The Morgan fingerprint density at radius 1 is 0.667 bits per heavy atom. The van der Waals surface area contributed by atoms with Crippen LogP contribution in [0.15, 0.2) is 91.0 Å². The van der Waals surface area contributed by atoms with Crippen LogP contribution in [0.4, 0.5) is 5.69 Å². The average Bonchev–Trinajstić information content (AvgIpc) is 3.31. The van der Waals surface area contributed by atoms with Gasteiger partial charge in [-0.25, -0.2) is 4.98 Å². The first-order valence-electron chi connectivity index (χ1n) is 11.6. The number of aliphatic hydroxyl groups excluding tert-OH is 1. The zero-order chi connectivity index (χ0) is 24.6. The monoisotopic (exact) mass is 470 g/mol. The van der Waals surface area contributed by atoms with Crippen molar-refractivity contribution < 1.29 is 19.5 Å². The third-order valence-corrected chi connectivity index (χ3v) is 7.15. The van der Waals surface area contributed by atoms with Crippen LogP contribution >= 0.6 is 0 Å². The van der Waals surface area contributed by atoms with E-state index in [0.29, 0.717) is 39.2 Å². The molecule has 1 amide bonds. The zero-order valence-electron chi connectivity index (χ0n) is 18.9. The molecular formula is C30H18N2O4. The van der Waals surface area contributed by atoms with E-state index >= 15 is 0 Å². The summed E-state index contributed by atoms with van der Waals surface area (Å²) in [7, 11) is 0.